The summed E-state index contributed by atoms with van der Waals surface area (Å²) in [5, 5.41) is 0. The fourth-order valence-corrected chi connectivity index (χ4v) is 3.44. The Balaban J connectivity index is 2.25. The zero-order valence-electron chi connectivity index (χ0n) is 13.3. The summed E-state index contributed by atoms with van der Waals surface area (Å²) in [4.78, 5) is 12.3. The van der Waals surface area contributed by atoms with Gasteiger partial charge in [0.05, 0.1) is 17.7 Å². The molecule has 3 nitrogen and oxygen atoms in total. The van der Waals surface area contributed by atoms with Gasteiger partial charge >= 0.3 is 0 Å². The summed E-state index contributed by atoms with van der Waals surface area (Å²) >= 11 is 1.88. The maximum Gasteiger partial charge on any atom is 0.0807 e. The highest BCUT2D eigenvalue weighted by Crippen LogP contribution is 2.36. The summed E-state index contributed by atoms with van der Waals surface area (Å²) in [5.74, 6) is 0.560. The van der Waals surface area contributed by atoms with Gasteiger partial charge < -0.3 is 4.84 Å². The standard InChI is InChI=1S/C17H24N2OS/c1-12(2)16-11-14(8-6-10-18-20-4)17(21-16)15-9-5-7-13(3)19-15/h5,7,9,11-12,18H,6,8,10H2,1-4H3. The van der Waals surface area contributed by atoms with E-state index in [0.717, 1.165) is 30.8 Å². The van der Waals surface area contributed by atoms with E-state index in [2.05, 4.69) is 37.5 Å². The van der Waals surface area contributed by atoms with Crippen molar-refractivity contribution in [2.24, 2.45) is 0 Å². The Morgan fingerprint density at radius 1 is 1.33 bits per heavy atom. The van der Waals surface area contributed by atoms with E-state index in [4.69, 9.17) is 9.82 Å². The van der Waals surface area contributed by atoms with Crippen LogP contribution in [0.2, 0.25) is 0 Å². The lowest BCUT2D eigenvalue weighted by Gasteiger charge is -2.05. The first-order valence-corrected chi connectivity index (χ1v) is 8.26. The number of nitrogens with zero attached hydrogens (tertiary/aromatic N) is 1. The summed E-state index contributed by atoms with van der Waals surface area (Å²) in [7, 11) is 1.66. The third-order valence-electron chi connectivity index (χ3n) is 3.39. The normalized spacial score (nSPS) is 11.3. The van der Waals surface area contributed by atoms with E-state index in [1.807, 2.05) is 24.3 Å². The van der Waals surface area contributed by atoms with Crippen molar-refractivity contribution in [3.8, 4) is 10.6 Å². The minimum Gasteiger partial charge on any atom is -0.305 e. The van der Waals surface area contributed by atoms with Gasteiger partial charge in [0.15, 0.2) is 0 Å². The molecule has 0 spiro atoms. The van der Waals surface area contributed by atoms with E-state index in [9.17, 15) is 0 Å². The number of pyridine rings is 1. The van der Waals surface area contributed by atoms with Crippen LogP contribution in [0.25, 0.3) is 10.6 Å². The third-order valence-corrected chi connectivity index (χ3v) is 4.89. The SMILES string of the molecule is CONCCCc1cc(C(C)C)sc1-c1cccc(C)n1. The third kappa shape index (κ3) is 4.37. The van der Waals surface area contributed by atoms with E-state index in [1.54, 1.807) is 7.11 Å². The number of aromatic nitrogens is 1. The molecule has 21 heavy (non-hydrogen) atoms. The van der Waals surface area contributed by atoms with Crippen LogP contribution in [0.5, 0.6) is 0 Å². The topological polar surface area (TPSA) is 34.1 Å². The first kappa shape index (κ1) is 16.1. The molecule has 0 unspecified atom stereocenters. The lowest BCUT2D eigenvalue weighted by atomic mass is 10.1. The molecule has 0 aliphatic carbocycles. The number of hydroxylamine groups is 1. The average Bonchev–Trinajstić information content (AvgIpc) is 2.88. The maximum absolute atomic E-state index is 4.89. The van der Waals surface area contributed by atoms with E-state index >= 15 is 0 Å². The molecule has 2 heterocycles. The first-order chi connectivity index (χ1) is 10.1. The minimum absolute atomic E-state index is 0.560. The molecule has 0 aliphatic heterocycles. The molecule has 2 rings (SSSR count). The Hall–Kier alpha value is -1.23. The van der Waals surface area contributed by atoms with Gasteiger partial charge in [-0.3, -0.25) is 4.98 Å². The van der Waals surface area contributed by atoms with Crippen molar-refractivity contribution in [2.45, 2.75) is 39.5 Å². The van der Waals surface area contributed by atoms with Gasteiger partial charge in [-0.05, 0) is 49.4 Å². The van der Waals surface area contributed by atoms with Gasteiger partial charge in [-0.1, -0.05) is 19.9 Å². The molecule has 0 aliphatic rings. The molecule has 0 saturated heterocycles. The van der Waals surface area contributed by atoms with Crippen molar-refractivity contribution in [2.75, 3.05) is 13.7 Å². The van der Waals surface area contributed by atoms with Crippen LogP contribution in [0.4, 0.5) is 0 Å². The van der Waals surface area contributed by atoms with Crippen LogP contribution in [0.3, 0.4) is 0 Å². The van der Waals surface area contributed by atoms with Crippen molar-refractivity contribution in [3.05, 3.63) is 40.4 Å². The summed E-state index contributed by atoms with van der Waals surface area (Å²) in [5.41, 5.74) is 6.47. The number of hydrogen-bond acceptors (Lipinski definition) is 4. The number of nitrogens with one attached hydrogen (secondary N) is 1. The largest absolute Gasteiger partial charge is 0.305 e. The van der Waals surface area contributed by atoms with Gasteiger partial charge in [0.25, 0.3) is 0 Å². The van der Waals surface area contributed by atoms with Gasteiger partial charge in [-0.25, -0.2) is 5.48 Å². The summed E-state index contributed by atoms with van der Waals surface area (Å²) in [6.07, 6.45) is 2.10. The van der Waals surface area contributed by atoms with Gasteiger partial charge in [0.1, 0.15) is 0 Å². The van der Waals surface area contributed by atoms with Crippen molar-refractivity contribution in [3.63, 3.8) is 0 Å². The van der Waals surface area contributed by atoms with Crippen LogP contribution in [-0.4, -0.2) is 18.6 Å². The Bertz CT molecular complexity index is 578. The Morgan fingerprint density at radius 2 is 2.14 bits per heavy atom. The molecule has 0 aromatic carbocycles. The van der Waals surface area contributed by atoms with Crippen molar-refractivity contribution >= 4 is 11.3 Å². The van der Waals surface area contributed by atoms with E-state index in [0.29, 0.717) is 5.92 Å². The second kappa shape index (κ2) is 7.69. The number of hydrogen-bond donors (Lipinski definition) is 1. The lowest BCUT2D eigenvalue weighted by Crippen LogP contribution is -2.13. The van der Waals surface area contributed by atoms with Crippen molar-refractivity contribution < 1.29 is 4.84 Å². The second-order valence-electron chi connectivity index (χ2n) is 5.52. The van der Waals surface area contributed by atoms with E-state index in [-0.39, 0.29) is 0 Å². The van der Waals surface area contributed by atoms with Crippen LogP contribution >= 0.6 is 11.3 Å². The molecule has 114 valence electrons. The van der Waals surface area contributed by atoms with Gasteiger partial charge in [0, 0.05) is 17.1 Å². The minimum atomic E-state index is 0.560. The predicted molar refractivity (Wildman–Crippen MR) is 89.7 cm³/mol. The number of rotatable bonds is 7. The van der Waals surface area contributed by atoms with Crippen LogP contribution in [0.1, 0.15) is 42.3 Å². The highest BCUT2D eigenvalue weighted by atomic mass is 32.1. The monoisotopic (exact) mass is 304 g/mol. The molecule has 1 N–H and O–H groups in total. The van der Waals surface area contributed by atoms with Crippen LogP contribution in [0.15, 0.2) is 24.3 Å². The van der Waals surface area contributed by atoms with Crippen LogP contribution < -0.4 is 5.48 Å². The first-order valence-electron chi connectivity index (χ1n) is 7.44. The van der Waals surface area contributed by atoms with Crippen molar-refractivity contribution in [1.29, 1.82) is 0 Å². The summed E-state index contributed by atoms with van der Waals surface area (Å²) < 4.78 is 0. The zero-order chi connectivity index (χ0) is 15.2. The molecule has 0 bridgehead atoms. The smallest absolute Gasteiger partial charge is 0.0807 e. The quantitative estimate of drug-likeness (QED) is 0.611. The summed E-state index contributed by atoms with van der Waals surface area (Å²) in [6.45, 7) is 7.40. The maximum atomic E-state index is 4.89. The predicted octanol–water partition coefficient (Wildman–Crippen LogP) is 4.33. The Labute approximate surface area is 131 Å². The van der Waals surface area contributed by atoms with E-state index < -0.39 is 0 Å². The average molecular weight is 304 g/mol. The lowest BCUT2D eigenvalue weighted by molar-refractivity contribution is 0.0911. The second-order valence-corrected chi connectivity index (χ2v) is 6.61. The molecule has 2 aromatic rings. The highest BCUT2D eigenvalue weighted by molar-refractivity contribution is 7.15. The molecule has 4 heteroatoms. The van der Waals surface area contributed by atoms with Gasteiger partial charge in [-0.2, -0.15) is 0 Å². The molecule has 0 saturated carbocycles. The Kier molecular flexibility index (Phi) is 5.91. The van der Waals surface area contributed by atoms with Crippen LogP contribution in [0, 0.1) is 6.92 Å². The number of thiophene rings is 1. The van der Waals surface area contributed by atoms with Crippen molar-refractivity contribution in [1.82, 2.24) is 10.5 Å². The highest BCUT2D eigenvalue weighted by Gasteiger charge is 2.14. The van der Waals surface area contributed by atoms with Crippen LogP contribution in [-0.2, 0) is 11.3 Å². The zero-order valence-corrected chi connectivity index (χ0v) is 14.1. The Morgan fingerprint density at radius 3 is 2.81 bits per heavy atom. The molecular formula is C17H24N2OS. The molecular weight excluding hydrogens is 280 g/mol. The molecule has 2 aromatic heterocycles. The molecule has 0 radical (unpaired) electrons. The summed E-state index contributed by atoms with van der Waals surface area (Å²) in [6, 6.07) is 8.59. The molecule has 0 atom stereocenters. The molecule has 0 fully saturated rings. The van der Waals surface area contributed by atoms with Gasteiger partial charge in [0.2, 0.25) is 0 Å². The van der Waals surface area contributed by atoms with E-state index in [1.165, 1.54) is 15.3 Å². The molecule has 0 amide bonds. The fraction of sp³-hybridized carbons (Fsp3) is 0.471. The number of aryl methyl sites for hydroxylation is 2. The fourth-order valence-electron chi connectivity index (χ4n) is 2.26. The van der Waals surface area contributed by atoms with Gasteiger partial charge in [-0.15, -0.1) is 11.3 Å².